The van der Waals surface area contributed by atoms with Crippen molar-refractivity contribution in [2.75, 3.05) is 13.1 Å². The molecule has 0 aromatic rings. The molecule has 2 heterocycles. The molecule has 0 aliphatic carbocycles. The van der Waals surface area contributed by atoms with Crippen LogP contribution < -0.4 is 5.32 Å². The maximum atomic E-state index is 4.55. The Bertz CT molecular complexity index is 268. The highest BCUT2D eigenvalue weighted by atomic mass is 14.9. The van der Waals surface area contributed by atoms with Crippen molar-refractivity contribution < 1.29 is 0 Å². The number of allylic oxidation sites excluding steroid dienone is 1. The summed E-state index contributed by atoms with van der Waals surface area (Å²) in [5, 5.41) is 3.36. The molecule has 2 nitrogen and oxygen atoms in total. The standard InChI is InChI=1S/C11H16N2.C2H6/c1-11(2)5-3-9-7-12-6-4-10(9)13-8-11;1-2/h3,5,8,12H,4,6-7H2,1-2H3;1-2H3. The van der Waals surface area contributed by atoms with Crippen LogP contribution in [0.25, 0.3) is 0 Å². The SMILES string of the molecule is CC.CC1(C)C=CC2=C(CCNC2)N=C1. The monoisotopic (exact) mass is 206 g/mol. The molecule has 0 bridgehead atoms. The van der Waals surface area contributed by atoms with Gasteiger partial charge >= 0.3 is 0 Å². The van der Waals surface area contributed by atoms with Crippen LogP contribution in [0, 0.1) is 5.41 Å². The van der Waals surface area contributed by atoms with E-state index in [-0.39, 0.29) is 5.41 Å². The van der Waals surface area contributed by atoms with E-state index in [2.05, 4.69) is 42.5 Å². The fraction of sp³-hybridized carbons (Fsp3) is 0.615. The van der Waals surface area contributed by atoms with E-state index in [0.717, 1.165) is 19.5 Å². The minimum absolute atomic E-state index is 0.108. The topological polar surface area (TPSA) is 24.4 Å². The number of rotatable bonds is 0. The fourth-order valence-electron chi connectivity index (χ4n) is 1.60. The Morgan fingerprint density at radius 2 is 2.07 bits per heavy atom. The third kappa shape index (κ3) is 3.31. The average molecular weight is 206 g/mol. The lowest BCUT2D eigenvalue weighted by Crippen LogP contribution is -2.23. The van der Waals surface area contributed by atoms with E-state index in [1.54, 1.807) is 0 Å². The Morgan fingerprint density at radius 1 is 1.33 bits per heavy atom. The molecule has 0 aromatic carbocycles. The fourth-order valence-corrected chi connectivity index (χ4v) is 1.60. The van der Waals surface area contributed by atoms with E-state index < -0.39 is 0 Å². The molecule has 0 aromatic heterocycles. The zero-order chi connectivity index (χ0) is 11.3. The van der Waals surface area contributed by atoms with E-state index in [4.69, 9.17) is 0 Å². The van der Waals surface area contributed by atoms with Crippen LogP contribution in [0.15, 0.2) is 28.4 Å². The molecule has 1 N–H and O–H groups in total. The van der Waals surface area contributed by atoms with Gasteiger partial charge in [-0.15, -0.1) is 0 Å². The Balaban J connectivity index is 0.000000531. The summed E-state index contributed by atoms with van der Waals surface area (Å²) in [6, 6.07) is 0. The van der Waals surface area contributed by atoms with E-state index in [1.165, 1.54) is 11.3 Å². The van der Waals surface area contributed by atoms with Crippen molar-refractivity contribution in [2.24, 2.45) is 10.4 Å². The molecule has 0 saturated carbocycles. The van der Waals surface area contributed by atoms with Crippen molar-refractivity contribution in [3.05, 3.63) is 23.4 Å². The smallest absolute Gasteiger partial charge is 0.0457 e. The van der Waals surface area contributed by atoms with Crippen molar-refractivity contribution in [1.82, 2.24) is 5.32 Å². The summed E-state index contributed by atoms with van der Waals surface area (Å²) in [6.07, 6.45) is 7.56. The summed E-state index contributed by atoms with van der Waals surface area (Å²) in [6.45, 7) is 10.4. The first-order chi connectivity index (χ1) is 7.17. The Morgan fingerprint density at radius 3 is 2.80 bits per heavy atom. The van der Waals surface area contributed by atoms with Crippen molar-refractivity contribution >= 4 is 6.21 Å². The second kappa shape index (κ2) is 5.26. The van der Waals surface area contributed by atoms with Gasteiger partial charge in [0.25, 0.3) is 0 Å². The van der Waals surface area contributed by atoms with Crippen LogP contribution in [0.5, 0.6) is 0 Å². The van der Waals surface area contributed by atoms with E-state index in [1.807, 2.05) is 13.8 Å². The molecule has 0 radical (unpaired) electrons. The van der Waals surface area contributed by atoms with Crippen LogP contribution in [0.2, 0.25) is 0 Å². The lowest BCUT2D eigenvalue weighted by Gasteiger charge is -2.14. The van der Waals surface area contributed by atoms with Gasteiger partial charge in [0.2, 0.25) is 0 Å². The molecule has 0 spiro atoms. The predicted molar refractivity (Wildman–Crippen MR) is 67.3 cm³/mol. The number of hydrogen-bond acceptors (Lipinski definition) is 2. The van der Waals surface area contributed by atoms with E-state index in [0.29, 0.717) is 0 Å². The van der Waals surface area contributed by atoms with Crippen molar-refractivity contribution in [2.45, 2.75) is 34.1 Å². The maximum Gasteiger partial charge on any atom is 0.0457 e. The first kappa shape index (κ1) is 12.2. The van der Waals surface area contributed by atoms with Crippen LogP contribution in [0.3, 0.4) is 0 Å². The normalized spacial score (nSPS) is 22.7. The molecule has 0 fully saturated rings. The zero-order valence-electron chi connectivity index (χ0n) is 10.3. The predicted octanol–water partition coefficient (Wildman–Crippen LogP) is 2.93. The van der Waals surface area contributed by atoms with Gasteiger partial charge in [0, 0.05) is 36.8 Å². The molecule has 2 aliphatic rings. The average Bonchev–Trinajstić information content (AvgIpc) is 2.42. The van der Waals surface area contributed by atoms with Gasteiger partial charge in [0.1, 0.15) is 0 Å². The van der Waals surface area contributed by atoms with Gasteiger partial charge in [0.05, 0.1) is 0 Å². The Kier molecular flexibility index (Phi) is 4.28. The number of aliphatic imine (C=N–C) groups is 1. The van der Waals surface area contributed by atoms with Gasteiger partial charge < -0.3 is 5.32 Å². The summed E-state index contributed by atoms with van der Waals surface area (Å²) in [5.41, 5.74) is 2.73. The highest BCUT2D eigenvalue weighted by Crippen LogP contribution is 2.24. The zero-order valence-corrected chi connectivity index (χ0v) is 10.3. The molecule has 15 heavy (non-hydrogen) atoms. The van der Waals surface area contributed by atoms with E-state index >= 15 is 0 Å². The third-order valence-electron chi connectivity index (χ3n) is 2.49. The first-order valence-corrected chi connectivity index (χ1v) is 5.85. The Hall–Kier alpha value is -0.890. The first-order valence-electron chi connectivity index (χ1n) is 5.85. The molecule has 0 saturated heterocycles. The maximum absolute atomic E-state index is 4.55. The van der Waals surface area contributed by atoms with Gasteiger partial charge in [-0.25, -0.2) is 0 Å². The second-order valence-corrected chi connectivity index (χ2v) is 4.31. The Labute approximate surface area is 93.2 Å². The van der Waals surface area contributed by atoms with Crippen molar-refractivity contribution in [3.8, 4) is 0 Å². The lowest BCUT2D eigenvalue weighted by atomic mass is 9.94. The quantitative estimate of drug-likeness (QED) is 0.647. The van der Waals surface area contributed by atoms with Gasteiger partial charge in [-0.05, 0) is 5.57 Å². The molecule has 0 atom stereocenters. The minimum atomic E-state index is 0.108. The van der Waals surface area contributed by atoms with Gasteiger partial charge in [-0.1, -0.05) is 39.8 Å². The number of nitrogens with zero attached hydrogens (tertiary/aromatic N) is 1. The number of nitrogens with one attached hydrogen (secondary N) is 1. The number of hydrogen-bond donors (Lipinski definition) is 1. The van der Waals surface area contributed by atoms with Gasteiger partial charge in [-0.2, -0.15) is 0 Å². The van der Waals surface area contributed by atoms with Crippen LogP contribution in [0.4, 0.5) is 0 Å². The van der Waals surface area contributed by atoms with Crippen molar-refractivity contribution in [3.63, 3.8) is 0 Å². The van der Waals surface area contributed by atoms with E-state index in [9.17, 15) is 0 Å². The van der Waals surface area contributed by atoms with Crippen molar-refractivity contribution in [1.29, 1.82) is 0 Å². The largest absolute Gasteiger partial charge is 0.312 e. The summed E-state index contributed by atoms with van der Waals surface area (Å²) >= 11 is 0. The van der Waals surface area contributed by atoms with Gasteiger partial charge in [-0.3, -0.25) is 4.99 Å². The summed E-state index contributed by atoms with van der Waals surface area (Å²) < 4.78 is 0. The lowest BCUT2D eigenvalue weighted by molar-refractivity contribution is 0.682. The van der Waals surface area contributed by atoms with Crippen LogP contribution in [0.1, 0.15) is 34.1 Å². The highest BCUT2D eigenvalue weighted by Gasteiger charge is 2.16. The molecule has 2 aliphatic heterocycles. The third-order valence-corrected chi connectivity index (χ3v) is 2.49. The second-order valence-electron chi connectivity index (χ2n) is 4.31. The van der Waals surface area contributed by atoms with Crippen LogP contribution in [-0.2, 0) is 0 Å². The van der Waals surface area contributed by atoms with Gasteiger partial charge in [0.15, 0.2) is 0 Å². The summed E-state index contributed by atoms with van der Waals surface area (Å²) in [4.78, 5) is 4.55. The van der Waals surface area contributed by atoms with Crippen LogP contribution in [-0.4, -0.2) is 19.3 Å². The van der Waals surface area contributed by atoms with Crippen LogP contribution >= 0.6 is 0 Å². The minimum Gasteiger partial charge on any atom is -0.312 e. The summed E-state index contributed by atoms with van der Waals surface area (Å²) in [5.74, 6) is 0. The molecule has 2 heteroatoms. The molecular weight excluding hydrogens is 184 g/mol. The molecule has 2 rings (SSSR count). The molecular formula is C13H22N2. The molecule has 0 amide bonds. The molecule has 84 valence electrons. The highest BCUT2D eigenvalue weighted by molar-refractivity contribution is 5.70. The molecule has 0 unspecified atom stereocenters. The summed E-state index contributed by atoms with van der Waals surface area (Å²) in [7, 11) is 0.